The minimum absolute atomic E-state index is 0.0240. The Morgan fingerprint density at radius 3 is 2.58 bits per heavy atom. The molecule has 0 amide bonds. The highest BCUT2D eigenvalue weighted by Crippen LogP contribution is 2.18. The van der Waals surface area contributed by atoms with E-state index >= 15 is 0 Å². The molecule has 1 N–H and O–H groups in total. The minimum Gasteiger partial charge on any atom is -0.357 e. The fourth-order valence-corrected chi connectivity index (χ4v) is 4.10. The lowest BCUT2D eigenvalue weighted by Gasteiger charge is -2.27. The zero-order chi connectivity index (χ0) is 18.7. The summed E-state index contributed by atoms with van der Waals surface area (Å²) in [5.74, 6) is 2.19. The minimum atomic E-state index is -3.71. The number of hydrogen-bond acceptors (Lipinski definition) is 6. The van der Waals surface area contributed by atoms with Crippen molar-refractivity contribution in [2.75, 3.05) is 18.0 Å². The van der Waals surface area contributed by atoms with Crippen molar-refractivity contribution >= 4 is 15.8 Å². The molecule has 9 heteroatoms. The van der Waals surface area contributed by atoms with E-state index in [0.29, 0.717) is 5.82 Å². The van der Waals surface area contributed by atoms with Gasteiger partial charge in [-0.3, -0.25) is 0 Å². The summed E-state index contributed by atoms with van der Waals surface area (Å²) >= 11 is 0. The van der Waals surface area contributed by atoms with Gasteiger partial charge in [-0.2, -0.15) is 0 Å². The molecule has 3 heterocycles. The number of aryl methyl sites for hydroxylation is 1. The van der Waals surface area contributed by atoms with E-state index in [1.165, 1.54) is 12.6 Å². The third-order valence-corrected chi connectivity index (χ3v) is 5.74. The average Bonchev–Trinajstić information content (AvgIpc) is 3.04. The number of nitrogens with zero attached hydrogens (tertiary/aromatic N) is 5. The summed E-state index contributed by atoms with van der Waals surface area (Å²) in [4.78, 5) is 15.2. The van der Waals surface area contributed by atoms with Crippen LogP contribution >= 0.6 is 0 Å². The molecule has 2 aromatic rings. The van der Waals surface area contributed by atoms with Crippen molar-refractivity contribution in [2.24, 2.45) is 7.05 Å². The summed E-state index contributed by atoms with van der Waals surface area (Å²) in [5, 5.41) is 0.0240. The third-order valence-electron chi connectivity index (χ3n) is 4.47. The van der Waals surface area contributed by atoms with Crippen LogP contribution in [0, 0.1) is 0 Å². The molecule has 1 aliphatic rings. The maximum atomic E-state index is 12.5. The molecule has 0 aromatic carbocycles. The van der Waals surface area contributed by atoms with E-state index in [1.54, 1.807) is 17.8 Å². The van der Waals surface area contributed by atoms with E-state index < -0.39 is 10.0 Å². The van der Waals surface area contributed by atoms with Gasteiger partial charge in [0, 0.05) is 38.4 Å². The molecule has 1 aliphatic heterocycles. The highest BCUT2D eigenvalue weighted by atomic mass is 32.2. The number of nitrogens with one attached hydrogen (secondary N) is 1. The molecule has 142 valence electrons. The lowest BCUT2D eigenvalue weighted by molar-refractivity contribution is 0.568. The van der Waals surface area contributed by atoms with E-state index in [9.17, 15) is 8.42 Å². The first kappa shape index (κ1) is 18.8. The van der Waals surface area contributed by atoms with Gasteiger partial charge in [-0.1, -0.05) is 13.8 Å². The van der Waals surface area contributed by atoms with E-state index in [1.807, 2.05) is 19.9 Å². The van der Waals surface area contributed by atoms with Crippen molar-refractivity contribution in [3.8, 4) is 0 Å². The Labute approximate surface area is 154 Å². The van der Waals surface area contributed by atoms with Crippen LogP contribution in [-0.2, 0) is 23.6 Å². The SMILES string of the molecule is CC(C)c1nc(S(=O)(=O)NCc2nccc(N3CCCCC3)n2)cn1C. The van der Waals surface area contributed by atoms with Gasteiger partial charge in [0.25, 0.3) is 10.0 Å². The Balaban J connectivity index is 1.70. The van der Waals surface area contributed by atoms with Gasteiger partial charge in [-0.05, 0) is 25.3 Å². The molecule has 0 aliphatic carbocycles. The lowest BCUT2D eigenvalue weighted by Crippen LogP contribution is -2.31. The summed E-state index contributed by atoms with van der Waals surface area (Å²) < 4.78 is 29.4. The zero-order valence-corrected chi connectivity index (χ0v) is 16.3. The van der Waals surface area contributed by atoms with Gasteiger partial charge in [0.2, 0.25) is 0 Å². The van der Waals surface area contributed by atoms with E-state index in [4.69, 9.17) is 0 Å². The maximum absolute atomic E-state index is 12.5. The first-order chi connectivity index (χ1) is 12.4. The van der Waals surface area contributed by atoms with Crippen LogP contribution in [-0.4, -0.2) is 41.0 Å². The lowest BCUT2D eigenvalue weighted by atomic mass is 10.1. The predicted molar refractivity (Wildman–Crippen MR) is 99.4 cm³/mol. The third kappa shape index (κ3) is 4.21. The van der Waals surface area contributed by atoms with Crippen LogP contribution in [0.3, 0.4) is 0 Å². The van der Waals surface area contributed by atoms with Gasteiger partial charge >= 0.3 is 0 Å². The Hall–Kier alpha value is -2.00. The smallest absolute Gasteiger partial charge is 0.260 e. The second-order valence-electron chi connectivity index (χ2n) is 6.91. The monoisotopic (exact) mass is 378 g/mol. The number of imidazole rings is 1. The van der Waals surface area contributed by atoms with Crippen LogP contribution in [0.2, 0.25) is 0 Å². The number of sulfonamides is 1. The zero-order valence-electron chi connectivity index (χ0n) is 15.5. The fourth-order valence-electron chi connectivity index (χ4n) is 3.12. The molecule has 1 saturated heterocycles. The van der Waals surface area contributed by atoms with Crippen LogP contribution in [0.1, 0.15) is 50.7 Å². The Morgan fingerprint density at radius 2 is 1.92 bits per heavy atom. The number of piperidine rings is 1. The summed E-state index contributed by atoms with van der Waals surface area (Å²) in [6.07, 6.45) is 6.77. The molecule has 0 atom stereocenters. The molecular formula is C17H26N6O2S. The van der Waals surface area contributed by atoms with Gasteiger partial charge in [0.1, 0.15) is 17.5 Å². The Morgan fingerprint density at radius 1 is 1.19 bits per heavy atom. The van der Waals surface area contributed by atoms with Crippen LogP contribution in [0.4, 0.5) is 5.82 Å². The molecule has 2 aromatic heterocycles. The highest BCUT2D eigenvalue weighted by molar-refractivity contribution is 7.89. The number of anilines is 1. The molecule has 0 unspecified atom stereocenters. The Kier molecular flexibility index (Phi) is 5.57. The van der Waals surface area contributed by atoms with Crippen molar-refractivity contribution in [1.82, 2.24) is 24.2 Å². The number of aromatic nitrogens is 4. The van der Waals surface area contributed by atoms with E-state index in [0.717, 1.165) is 37.6 Å². The normalized spacial score (nSPS) is 15.6. The van der Waals surface area contributed by atoms with Gasteiger partial charge in [0.15, 0.2) is 5.03 Å². The van der Waals surface area contributed by atoms with Crippen molar-refractivity contribution in [3.63, 3.8) is 0 Å². The van der Waals surface area contributed by atoms with Crippen LogP contribution in [0.5, 0.6) is 0 Å². The Bertz CT molecular complexity index is 856. The maximum Gasteiger partial charge on any atom is 0.260 e. The van der Waals surface area contributed by atoms with Crippen molar-refractivity contribution in [3.05, 3.63) is 30.1 Å². The highest BCUT2D eigenvalue weighted by Gasteiger charge is 2.21. The number of rotatable bonds is 6. The number of hydrogen-bond donors (Lipinski definition) is 1. The van der Waals surface area contributed by atoms with Crippen molar-refractivity contribution in [2.45, 2.75) is 50.6 Å². The molecule has 1 fully saturated rings. The van der Waals surface area contributed by atoms with Crippen LogP contribution in [0.25, 0.3) is 0 Å². The van der Waals surface area contributed by atoms with Crippen LogP contribution in [0.15, 0.2) is 23.5 Å². The van der Waals surface area contributed by atoms with Gasteiger partial charge in [-0.25, -0.2) is 28.1 Å². The van der Waals surface area contributed by atoms with E-state index in [-0.39, 0.29) is 17.5 Å². The summed E-state index contributed by atoms with van der Waals surface area (Å²) in [6, 6.07) is 1.87. The molecule has 0 bridgehead atoms. The molecule has 0 radical (unpaired) electrons. The van der Waals surface area contributed by atoms with E-state index in [2.05, 4.69) is 24.6 Å². The largest absolute Gasteiger partial charge is 0.357 e. The summed E-state index contributed by atoms with van der Waals surface area (Å²) in [7, 11) is -1.91. The van der Waals surface area contributed by atoms with Gasteiger partial charge in [0.05, 0.1) is 6.54 Å². The van der Waals surface area contributed by atoms with Gasteiger partial charge in [-0.15, -0.1) is 0 Å². The topological polar surface area (TPSA) is 93.0 Å². The first-order valence-electron chi connectivity index (χ1n) is 8.96. The molecule has 8 nitrogen and oxygen atoms in total. The quantitative estimate of drug-likeness (QED) is 0.824. The first-order valence-corrected chi connectivity index (χ1v) is 10.4. The molecular weight excluding hydrogens is 352 g/mol. The molecule has 26 heavy (non-hydrogen) atoms. The second-order valence-corrected chi connectivity index (χ2v) is 8.62. The van der Waals surface area contributed by atoms with Gasteiger partial charge < -0.3 is 9.47 Å². The molecule has 0 saturated carbocycles. The summed E-state index contributed by atoms with van der Waals surface area (Å²) in [5.41, 5.74) is 0. The van der Waals surface area contributed by atoms with Crippen LogP contribution < -0.4 is 9.62 Å². The fraction of sp³-hybridized carbons (Fsp3) is 0.588. The second kappa shape index (κ2) is 7.71. The predicted octanol–water partition coefficient (Wildman–Crippen LogP) is 1.80. The average molecular weight is 379 g/mol. The summed E-state index contributed by atoms with van der Waals surface area (Å²) in [6.45, 7) is 5.96. The molecule has 0 spiro atoms. The van der Waals surface area contributed by atoms with Crippen molar-refractivity contribution in [1.29, 1.82) is 0 Å². The standard InChI is InChI=1S/C17H26N6O2S/c1-13(2)17-21-16(12-22(17)3)26(24,25)19-11-14-18-8-7-15(20-14)23-9-5-4-6-10-23/h7-8,12-13,19H,4-6,9-11H2,1-3H3. The molecule has 3 rings (SSSR count). The van der Waals surface area contributed by atoms with Crippen molar-refractivity contribution < 1.29 is 8.42 Å².